The largest absolute Gasteiger partial charge is 0.462 e. The number of hydrogen-bond donors (Lipinski definition) is 1. The fourth-order valence-corrected chi connectivity index (χ4v) is 2.76. The first-order chi connectivity index (χ1) is 10.1. The molecule has 1 aliphatic rings. The van der Waals surface area contributed by atoms with E-state index in [1.165, 1.54) is 0 Å². The first-order valence-electron chi connectivity index (χ1n) is 8.04. The van der Waals surface area contributed by atoms with Crippen LogP contribution in [0.5, 0.6) is 0 Å². The minimum absolute atomic E-state index is 0.0467. The molecule has 2 rings (SSSR count). The van der Waals surface area contributed by atoms with Gasteiger partial charge in [-0.05, 0) is 49.7 Å². The van der Waals surface area contributed by atoms with E-state index in [1.54, 1.807) is 0 Å². The van der Waals surface area contributed by atoms with Crippen LogP contribution in [0.25, 0.3) is 0 Å². The molecule has 1 N–H and O–H groups in total. The molecule has 0 spiro atoms. The van der Waals surface area contributed by atoms with Gasteiger partial charge in [0.15, 0.2) is 0 Å². The van der Waals surface area contributed by atoms with Crippen LogP contribution in [0.4, 0.5) is 5.69 Å². The predicted octanol–water partition coefficient (Wildman–Crippen LogP) is 4.39. The van der Waals surface area contributed by atoms with Gasteiger partial charge in [-0.25, -0.2) is 0 Å². The Morgan fingerprint density at radius 2 is 1.90 bits per heavy atom. The van der Waals surface area contributed by atoms with E-state index in [1.807, 2.05) is 30.3 Å². The van der Waals surface area contributed by atoms with E-state index in [2.05, 4.69) is 19.2 Å². The van der Waals surface area contributed by atoms with Crippen molar-refractivity contribution in [2.45, 2.75) is 58.5 Å². The molecule has 116 valence electrons. The Balaban J connectivity index is 1.58. The predicted molar refractivity (Wildman–Crippen MR) is 86.3 cm³/mol. The van der Waals surface area contributed by atoms with Gasteiger partial charge in [-0.1, -0.05) is 32.0 Å². The summed E-state index contributed by atoms with van der Waals surface area (Å²) >= 11 is 0. The van der Waals surface area contributed by atoms with Gasteiger partial charge in [0.2, 0.25) is 0 Å². The van der Waals surface area contributed by atoms with Crippen LogP contribution in [0.1, 0.15) is 52.4 Å². The summed E-state index contributed by atoms with van der Waals surface area (Å²) in [5.74, 6) is -0.0467. The van der Waals surface area contributed by atoms with Crippen molar-refractivity contribution in [1.29, 1.82) is 0 Å². The molecule has 3 nitrogen and oxygen atoms in total. The Hall–Kier alpha value is -1.51. The fourth-order valence-electron chi connectivity index (χ4n) is 2.76. The van der Waals surface area contributed by atoms with E-state index >= 15 is 0 Å². The minimum Gasteiger partial charge on any atom is -0.462 e. The SMILES string of the molecule is CC1(C)CCC(OC(=O)CCCNc2ccccc2)CC1. The Morgan fingerprint density at radius 1 is 1.24 bits per heavy atom. The molecule has 0 saturated heterocycles. The van der Waals surface area contributed by atoms with Crippen molar-refractivity contribution in [2.24, 2.45) is 5.41 Å². The van der Waals surface area contributed by atoms with Crippen molar-refractivity contribution >= 4 is 11.7 Å². The van der Waals surface area contributed by atoms with E-state index in [0.29, 0.717) is 11.8 Å². The molecule has 0 unspecified atom stereocenters. The quantitative estimate of drug-likeness (QED) is 0.623. The van der Waals surface area contributed by atoms with Gasteiger partial charge >= 0.3 is 5.97 Å². The maximum Gasteiger partial charge on any atom is 0.306 e. The molecule has 21 heavy (non-hydrogen) atoms. The number of para-hydroxylation sites is 1. The van der Waals surface area contributed by atoms with Gasteiger partial charge in [0, 0.05) is 18.7 Å². The Morgan fingerprint density at radius 3 is 2.57 bits per heavy atom. The summed E-state index contributed by atoms with van der Waals surface area (Å²) in [6.07, 6.45) is 5.79. The zero-order valence-corrected chi connectivity index (χ0v) is 13.2. The van der Waals surface area contributed by atoms with Crippen molar-refractivity contribution in [2.75, 3.05) is 11.9 Å². The highest BCUT2D eigenvalue weighted by Gasteiger charge is 2.28. The molecule has 1 fully saturated rings. The zero-order chi connectivity index (χ0) is 15.1. The number of rotatable bonds is 6. The molecule has 0 bridgehead atoms. The maximum absolute atomic E-state index is 11.8. The van der Waals surface area contributed by atoms with Gasteiger partial charge in [0.05, 0.1) is 0 Å². The Bertz CT molecular complexity index is 432. The molecule has 3 heteroatoms. The number of nitrogens with one attached hydrogen (secondary N) is 1. The number of hydrogen-bond acceptors (Lipinski definition) is 3. The number of carbonyl (C=O) groups is 1. The molecule has 0 radical (unpaired) electrons. The van der Waals surface area contributed by atoms with E-state index < -0.39 is 0 Å². The van der Waals surface area contributed by atoms with Crippen molar-refractivity contribution in [3.05, 3.63) is 30.3 Å². The van der Waals surface area contributed by atoms with Crippen LogP contribution in [-0.2, 0) is 9.53 Å². The third kappa shape index (κ3) is 5.78. The minimum atomic E-state index is -0.0467. The molecule has 0 atom stereocenters. The van der Waals surface area contributed by atoms with E-state index in [-0.39, 0.29) is 12.1 Å². The van der Waals surface area contributed by atoms with Gasteiger partial charge in [-0.2, -0.15) is 0 Å². The zero-order valence-electron chi connectivity index (χ0n) is 13.2. The maximum atomic E-state index is 11.8. The number of ether oxygens (including phenoxy) is 1. The first kappa shape index (κ1) is 15.9. The lowest BCUT2D eigenvalue weighted by atomic mass is 9.76. The average Bonchev–Trinajstić information content (AvgIpc) is 2.47. The third-order valence-electron chi connectivity index (χ3n) is 4.24. The van der Waals surface area contributed by atoms with Gasteiger partial charge < -0.3 is 10.1 Å². The van der Waals surface area contributed by atoms with Crippen LogP contribution in [0.3, 0.4) is 0 Å². The van der Waals surface area contributed by atoms with E-state index in [0.717, 1.165) is 44.3 Å². The first-order valence-corrected chi connectivity index (χ1v) is 8.04. The van der Waals surface area contributed by atoms with E-state index in [4.69, 9.17) is 4.74 Å². The van der Waals surface area contributed by atoms with Gasteiger partial charge in [0.25, 0.3) is 0 Å². The van der Waals surface area contributed by atoms with Crippen LogP contribution in [0.15, 0.2) is 30.3 Å². The lowest BCUT2D eigenvalue weighted by molar-refractivity contribution is -0.151. The lowest BCUT2D eigenvalue weighted by Gasteiger charge is -2.33. The number of anilines is 1. The molecule has 1 saturated carbocycles. The molecule has 0 aromatic heterocycles. The molecular weight excluding hydrogens is 262 g/mol. The van der Waals surface area contributed by atoms with Gasteiger partial charge in [0.1, 0.15) is 6.10 Å². The third-order valence-corrected chi connectivity index (χ3v) is 4.24. The van der Waals surface area contributed by atoms with Crippen molar-refractivity contribution in [3.8, 4) is 0 Å². The number of carbonyl (C=O) groups excluding carboxylic acids is 1. The second kappa shape index (κ2) is 7.48. The highest BCUT2D eigenvalue weighted by Crippen LogP contribution is 2.36. The Kier molecular flexibility index (Phi) is 5.66. The fraction of sp³-hybridized carbons (Fsp3) is 0.611. The normalized spacial score (nSPS) is 18.2. The van der Waals surface area contributed by atoms with Crippen molar-refractivity contribution in [3.63, 3.8) is 0 Å². The topological polar surface area (TPSA) is 38.3 Å². The van der Waals surface area contributed by atoms with Crippen LogP contribution in [-0.4, -0.2) is 18.6 Å². The molecular formula is C18H27NO2. The number of esters is 1. The van der Waals surface area contributed by atoms with Crippen LogP contribution < -0.4 is 5.32 Å². The summed E-state index contributed by atoms with van der Waals surface area (Å²) in [5.41, 5.74) is 1.52. The molecule has 0 aliphatic heterocycles. The molecule has 1 aromatic carbocycles. The summed E-state index contributed by atoms with van der Waals surface area (Å²) in [7, 11) is 0. The second-order valence-corrected chi connectivity index (χ2v) is 6.75. The molecule has 0 amide bonds. The summed E-state index contributed by atoms with van der Waals surface area (Å²) in [4.78, 5) is 11.8. The second-order valence-electron chi connectivity index (χ2n) is 6.75. The Labute approximate surface area is 128 Å². The average molecular weight is 289 g/mol. The smallest absolute Gasteiger partial charge is 0.306 e. The highest BCUT2D eigenvalue weighted by molar-refractivity contribution is 5.69. The summed E-state index contributed by atoms with van der Waals surface area (Å²) in [6, 6.07) is 10.1. The lowest BCUT2D eigenvalue weighted by Crippen LogP contribution is -2.28. The van der Waals surface area contributed by atoms with Crippen LogP contribution >= 0.6 is 0 Å². The van der Waals surface area contributed by atoms with Crippen molar-refractivity contribution in [1.82, 2.24) is 0 Å². The standard InChI is InChI=1S/C18H27NO2/c1-18(2)12-10-16(11-13-18)21-17(20)9-6-14-19-15-7-4-3-5-8-15/h3-5,7-8,16,19H,6,9-14H2,1-2H3. The summed E-state index contributed by atoms with van der Waals surface area (Å²) in [6.45, 7) is 5.39. The van der Waals surface area contributed by atoms with Crippen LogP contribution in [0.2, 0.25) is 0 Å². The summed E-state index contributed by atoms with van der Waals surface area (Å²) < 4.78 is 5.57. The van der Waals surface area contributed by atoms with Gasteiger partial charge in [-0.15, -0.1) is 0 Å². The molecule has 0 heterocycles. The van der Waals surface area contributed by atoms with Crippen molar-refractivity contribution < 1.29 is 9.53 Å². The monoisotopic (exact) mass is 289 g/mol. The molecule has 1 aromatic rings. The van der Waals surface area contributed by atoms with E-state index in [9.17, 15) is 4.79 Å². The number of benzene rings is 1. The van der Waals surface area contributed by atoms with Crippen LogP contribution in [0, 0.1) is 5.41 Å². The highest BCUT2D eigenvalue weighted by atomic mass is 16.5. The summed E-state index contributed by atoms with van der Waals surface area (Å²) in [5, 5.41) is 3.31. The molecule has 1 aliphatic carbocycles. The van der Waals surface area contributed by atoms with Gasteiger partial charge in [-0.3, -0.25) is 4.79 Å².